The van der Waals surface area contributed by atoms with Gasteiger partial charge >= 0.3 is 11.9 Å². The number of nitrogens with zero attached hydrogens (tertiary/aromatic N) is 6. The van der Waals surface area contributed by atoms with E-state index in [2.05, 4.69) is 19.6 Å². The van der Waals surface area contributed by atoms with Gasteiger partial charge in [-0.25, -0.2) is 0 Å². The summed E-state index contributed by atoms with van der Waals surface area (Å²) in [6, 6.07) is 23.4. The summed E-state index contributed by atoms with van der Waals surface area (Å²) in [5.41, 5.74) is 5.66. The zero-order valence-electron chi connectivity index (χ0n) is 50.7. The minimum Gasteiger partial charge on any atom is -0.494 e. The van der Waals surface area contributed by atoms with Crippen LogP contribution in [-0.4, -0.2) is 126 Å². The smallest absolute Gasteiger partial charge is 0.307 e. The molecule has 4 heterocycles. The monoisotopic (exact) mass is 1260 g/mol. The molecule has 0 atom stereocenters. The molecule has 8 rings (SSSR count). The lowest BCUT2D eigenvalue weighted by molar-refractivity contribution is -0.145. The van der Waals surface area contributed by atoms with Gasteiger partial charge in [-0.05, 0) is 112 Å². The fourth-order valence-corrected chi connectivity index (χ4v) is 12.9. The van der Waals surface area contributed by atoms with Crippen molar-refractivity contribution in [3.63, 3.8) is 0 Å². The molecular weight excluding hydrogens is 1170 g/mol. The summed E-state index contributed by atoms with van der Waals surface area (Å²) < 4.78 is 23.6. The Bertz CT molecular complexity index is 2590. The molecule has 2 fully saturated rings. The van der Waals surface area contributed by atoms with Crippen molar-refractivity contribution in [3.05, 3.63) is 104 Å². The molecule has 4 aliphatic heterocycles. The number of carbonyl (C=O) groups is 4. The first-order chi connectivity index (χ1) is 42.0. The molecule has 0 saturated carbocycles. The van der Waals surface area contributed by atoms with E-state index in [4.69, 9.17) is 65.4 Å². The average molecular weight is 1260 g/mol. The fraction of sp³-hybridized carbons (Fsp3) is 0.588. The van der Waals surface area contributed by atoms with Crippen LogP contribution in [0.25, 0.3) is 0 Å². The number of unbranched alkanes of at least 4 members (excludes halogenated alkanes) is 17. The molecule has 4 aliphatic rings. The van der Waals surface area contributed by atoms with Crippen LogP contribution in [0, 0.1) is 0 Å². The number of carbonyl (C=O) groups excluding carboxylic acids is 4. The van der Waals surface area contributed by atoms with E-state index in [-0.39, 0.29) is 37.2 Å². The normalized spacial score (nSPS) is 15.7. The van der Waals surface area contributed by atoms with Crippen molar-refractivity contribution in [2.75, 3.05) is 112 Å². The van der Waals surface area contributed by atoms with Crippen molar-refractivity contribution in [1.82, 2.24) is 9.80 Å². The van der Waals surface area contributed by atoms with E-state index < -0.39 is 0 Å². The summed E-state index contributed by atoms with van der Waals surface area (Å²) in [6.07, 6.45) is 25.0. The van der Waals surface area contributed by atoms with Gasteiger partial charge in [-0.1, -0.05) is 161 Å². The SMILES string of the molecule is O=C(CCCCCCCCCCCCCCCCCCC(=O)OCN1C(=O)CCc2ccc(OCCCCN3CCN(c4cccc(Cl)c4Cl)CC3)cc21)OCN1C(=O)CCc2ccc(OCCCCN3CCN(c4cccc(Cl)c4Cl)CC3)cc21. The lowest BCUT2D eigenvalue weighted by atomic mass is 10.0. The minimum absolute atomic E-state index is 0.0385. The number of aryl methyl sites for hydroxylation is 2. The Morgan fingerprint density at radius 3 is 1.13 bits per heavy atom. The van der Waals surface area contributed by atoms with E-state index in [0.29, 0.717) is 71.8 Å². The van der Waals surface area contributed by atoms with Crippen LogP contribution in [0.5, 0.6) is 11.5 Å². The van der Waals surface area contributed by atoms with Gasteiger partial charge in [-0.2, -0.15) is 0 Å². The molecule has 86 heavy (non-hydrogen) atoms. The predicted octanol–water partition coefficient (Wildman–Crippen LogP) is 15.5. The predicted molar refractivity (Wildman–Crippen MR) is 349 cm³/mol. The summed E-state index contributed by atoms with van der Waals surface area (Å²) in [5, 5.41) is 2.41. The van der Waals surface area contributed by atoms with Crippen molar-refractivity contribution in [1.29, 1.82) is 0 Å². The van der Waals surface area contributed by atoms with Gasteiger partial charge in [-0.3, -0.25) is 38.8 Å². The number of rotatable bonds is 37. The summed E-state index contributed by atoms with van der Waals surface area (Å²) >= 11 is 25.4. The van der Waals surface area contributed by atoms with Crippen molar-refractivity contribution in [2.24, 2.45) is 0 Å². The molecule has 0 N–H and O–H groups in total. The van der Waals surface area contributed by atoms with Crippen LogP contribution in [0.3, 0.4) is 0 Å². The zero-order chi connectivity index (χ0) is 60.3. The van der Waals surface area contributed by atoms with Crippen LogP contribution >= 0.6 is 46.4 Å². The van der Waals surface area contributed by atoms with Crippen molar-refractivity contribution in [2.45, 2.75) is 167 Å². The van der Waals surface area contributed by atoms with E-state index in [9.17, 15) is 19.2 Å². The molecule has 4 aromatic carbocycles. The highest BCUT2D eigenvalue weighted by atomic mass is 35.5. The van der Waals surface area contributed by atoms with Gasteiger partial charge in [0.25, 0.3) is 0 Å². The van der Waals surface area contributed by atoms with Gasteiger partial charge in [0.2, 0.25) is 11.8 Å². The molecule has 18 heteroatoms. The molecule has 4 aromatic rings. The number of hydrogen-bond acceptors (Lipinski definition) is 12. The Kier molecular flexibility index (Phi) is 28.4. The zero-order valence-corrected chi connectivity index (χ0v) is 53.7. The number of hydrogen-bond donors (Lipinski definition) is 0. The van der Waals surface area contributed by atoms with Crippen LogP contribution < -0.4 is 29.1 Å². The van der Waals surface area contributed by atoms with Crippen molar-refractivity contribution < 1.29 is 38.1 Å². The highest BCUT2D eigenvalue weighted by Gasteiger charge is 2.28. The Labute approximate surface area is 532 Å². The molecule has 2 amide bonds. The number of fused-ring (bicyclic) bond motifs is 2. The summed E-state index contributed by atoms with van der Waals surface area (Å²) in [6.45, 7) is 10.6. The maximum absolute atomic E-state index is 13.0. The number of ether oxygens (including phenoxy) is 4. The molecule has 0 bridgehead atoms. The second-order valence-corrected chi connectivity index (χ2v) is 25.2. The number of benzene rings is 4. The third-order valence-electron chi connectivity index (χ3n) is 17.3. The maximum Gasteiger partial charge on any atom is 0.307 e. The molecule has 470 valence electrons. The number of halogens is 4. The Balaban J connectivity index is 0.572. The Morgan fingerprint density at radius 1 is 0.395 bits per heavy atom. The highest BCUT2D eigenvalue weighted by molar-refractivity contribution is 6.44. The van der Waals surface area contributed by atoms with Crippen LogP contribution in [0.1, 0.15) is 165 Å². The van der Waals surface area contributed by atoms with Crippen LogP contribution in [0.4, 0.5) is 22.7 Å². The quantitative estimate of drug-likeness (QED) is 0.0315. The van der Waals surface area contributed by atoms with Gasteiger partial charge in [0, 0.05) is 90.2 Å². The van der Waals surface area contributed by atoms with E-state index in [0.717, 1.165) is 175 Å². The van der Waals surface area contributed by atoms with Gasteiger partial charge in [-0.15, -0.1) is 0 Å². The standard InChI is InChI=1S/C68H92Cl4N6O8/c69-57-23-21-25-59(67(57)71)75-43-39-73(40-44-75)37-17-19-47-83-55-33-29-53-31-35-63(79)77(61(53)49-55)51-85-65(81)27-15-13-11-9-7-5-3-1-2-4-6-8-10-12-14-16-28-66(82)86-52-78-62-50-56(34-30-54(62)32-36-64(78)80)84-48-20-18-38-74-41-45-76(46-42-74)60-26-22-24-58(70)68(60)72/h21-26,29-30,33-34,49-50H,1-20,27-28,31-32,35-48,51-52H2. The minimum atomic E-state index is -0.260. The second-order valence-electron chi connectivity index (χ2n) is 23.6. The van der Waals surface area contributed by atoms with Gasteiger partial charge < -0.3 is 28.7 Å². The number of amides is 2. The number of anilines is 4. The second kappa shape index (κ2) is 36.5. The first-order valence-electron chi connectivity index (χ1n) is 32.3. The lowest BCUT2D eigenvalue weighted by Crippen LogP contribution is -2.46. The maximum atomic E-state index is 13.0. The fourth-order valence-electron chi connectivity index (χ4n) is 12.1. The van der Waals surface area contributed by atoms with Gasteiger partial charge in [0.05, 0.1) is 56.1 Å². The van der Waals surface area contributed by atoms with Gasteiger partial charge in [0.1, 0.15) is 11.5 Å². The molecule has 0 unspecified atom stereocenters. The average Bonchev–Trinajstić information content (AvgIpc) is 2.99. The Morgan fingerprint density at radius 2 is 0.756 bits per heavy atom. The molecule has 2 saturated heterocycles. The van der Waals surface area contributed by atoms with E-state index in [1.54, 1.807) is 9.80 Å². The largest absolute Gasteiger partial charge is 0.494 e. The van der Waals surface area contributed by atoms with E-state index in [1.807, 2.05) is 72.8 Å². The summed E-state index contributed by atoms with van der Waals surface area (Å²) in [5.74, 6) is 0.846. The van der Waals surface area contributed by atoms with E-state index in [1.165, 1.54) is 64.2 Å². The molecule has 14 nitrogen and oxygen atoms in total. The molecular formula is C68H92Cl4N6O8. The van der Waals surface area contributed by atoms with Gasteiger partial charge in [0.15, 0.2) is 13.5 Å². The Hall–Kier alpha value is -4.96. The summed E-state index contributed by atoms with van der Waals surface area (Å²) in [4.78, 5) is 64.2. The van der Waals surface area contributed by atoms with Crippen molar-refractivity contribution >= 4 is 92.9 Å². The van der Waals surface area contributed by atoms with Crippen LogP contribution in [0.2, 0.25) is 20.1 Å². The van der Waals surface area contributed by atoms with Crippen LogP contribution in [-0.2, 0) is 41.5 Å². The lowest BCUT2D eigenvalue weighted by Gasteiger charge is -2.36. The third kappa shape index (κ3) is 21.4. The molecule has 0 radical (unpaired) electrons. The van der Waals surface area contributed by atoms with E-state index >= 15 is 0 Å². The highest BCUT2D eigenvalue weighted by Crippen LogP contribution is 2.36. The first-order valence-corrected chi connectivity index (χ1v) is 33.8. The number of esters is 2. The molecule has 0 spiro atoms. The third-order valence-corrected chi connectivity index (χ3v) is 18.9. The van der Waals surface area contributed by atoms with Crippen molar-refractivity contribution in [3.8, 4) is 11.5 Å². The topological polar surface area (TPSA) is 125 Å². The molecule has 0 aliphatic carbocycles. The van der Waals surface area contributed by atoms with Crippen LogP contribution in [0.15, 0.2) is 72.8 Å². The first kappa shape index (κ1) is 67.0. The number of piperazine rings is 2. The summed E-state index contributed by atoms with van der Waals surface area (Å²) in [7, 11) is 0. The molecule has 0 aromatic heterocycles.